The summed E-state index contributed by atoms with van der Waals surface area (Å²) in [7, 11) is -3.58. The molecule has 0 saturated carbocycles. The molecule has 21 heavy (non-hydrogen) atoms. The van der Waals surface area contributed by atoms with Crippen LogP contribution in [-0.2, 0) is 16.6 Å². The Hall–Kier alpha value is -1.12. The number of likely N-dealkylation sites (tertiary alicyclic amines) is 1. The average molecular weight is 315 g/mol. The fourth-order valence-electron chi connectivity index (χ4n) is 2.59. The maximum atomic E-state index is 12.3. The molecule has 2 heterocycles. The van der Waals surface area contributed by atoms with Gasteiger partial charge in [0.05, 0.1) is 0 Å². The van der Waals surface area contributed by atoms with Crippen LogP contribution in [0.2, 0.25) is 0 Å². The van der Waals surface area contributed by atoms with E-state index in [1.165, 1.54) is 10.9 Å². The summed E-state index contributed by atoms with van der Waals surface area (Å²) in [6, 6.07) is 0.505. The van der Waals surface area contributed by atoms with Crippen molar-refractivity contribution in [3.05, 3.63) is 6.20 Å². The van der Waals surface area contributed by atoms with Crippen LogP contribution in [0.5, 0.6) is 0 Å². The Morgan fingerprint density at radius 1 is 1.52 bits per heavy atom. The number of aryl methyl sites for hydroxylation is 1. The maximum absolute atomic E-state index is 12.3. The third kappa shape index (κ3) is 3.75. The number of hydrogen-bond donors (Lipinski definition) is 2. The standard InChI is InChI=1S/C13H25N5O2S/c1-4-18-9-12(13(14)16-18)21(19,20)15-7-11-5-6-17(8-11)10(2)3/h9-11,15H,4-8H2,1-3H3,(H2,14,16). The summed E-state index contributed by atoms with van der Waals surface area (Å²) < 4.78 is 28.8. The molecule has 0 radical (unpaired) electrons. The number of nitrogens with zero attached hydrogens (tertiary/aromatic N) is 3. The van der Waals surface area contributed by atoms with E-state index < -0.39 is 10.0 Å². The molecule has 1 aromatic rings. The van der Waals surface area contributed by atoms with E-state index in [1.54, 1.807) is 0 Å². The number of hydrogen-bond acceptors (Lipinski definition) is 5. The second kappa shape index (κ2) is 6.33. The van der Waals surface area contributed by atoms with E-state index in [1.807, 2.05) is 6.92 Å². The molecule has 2 rings (SSSR count). The topological polar surface area (TPSA) is 93.2 Å². The molecule has 1 aliphatic rings. The van der Waals surface area contributed by atoms with Crippen LogP contribution >= 0.6 is 0 Å². The third-order valence-electron chi connectivity index (χ3n) is 3.98. The molecule has 120 valence electrons. The zero-order valence-electron chi connectivity index (χ0n) is 12.9. The van der Waals surface area contributed by atoms with E-state index in [0.717, 1.165) is 19.5 Å². The Morgan fingerprint density at radius 3 is 2.76 bits per heavy atom. The normalized spacial score (nSPS) is 20.5. The highest BCUT2D eigenvalue weighted by molar-refractivity contribution is 7.89. The van der Waals surface area contributed by atoms with E-state index in [9.17, 15) is 8.42 Å². The van der Waals surface area contributed by atoms with Gasteiger partial charge in [0, 0.05) is 31.9 Å². The van der Waals surface area contributed by atoms with Gasteiger partial charge in [-0.25, -0.2) is 13.1 Å². The number of nitrogens with two attached hydrogens (primary N) is 1. The van der Waals surface area contributed by atoms with Crippen LogP contribution < -0.4 is 10.5 Å². The van der Waals surface area contributed by atoms with E-state index in [-0.39, 0.29) is 10.7 Å². The second-order valence-corrected chi connectivity index (χ2v) is 7.56. The molecular formula is C13H25N5O2S. The largest absolute Gasteiger partial charge is 0.381 e. The number of sulfonamides is 1. The van der Waals surface area contributed by atoms with Crippen molar-refractivity contribution < 1.29 is 8.42 Å². The Bertz CT molecular complexity index is 581. The molecule has 1 unspecified atom stereocenters. The number of aromatic nitrogens is 2. The monoisotopic (exact) mass is 315 g/mol. The first-order valence-corrected chi connectivity index (χ1v) is 8.88. The molecule has 0 spiro atoms. The molecule has 0 amide bonds. The summed E-state index contributed by atoms with van der Waals surface area (Å²) in [5.41, 5.74) is 5.69. The highest BCUT2D eigenvalue weighted by atomic mass is 32.2. The van der Waals surface area contributed by atoms with E-state index >= 15 is 0 Å². The Kier molecular flexibility index (Phi) is 4.90. The Balaban J connectivity index is 1.97. The van der Waals surface area contributed by atoms with Gasteiger partial charge in [-0.2, -0.15) is 5.10 Å². The van der Waals surface area contributed by atoms with E-state index in [0.29, 0.717) is 25.0 Å². The minimum Gasteiger partial charge on any atom is -0.381 e. The molecule has 8 heteroatoms. The van der Waals surface area contributed by atoms with Crippen molar-refractivity contribution in [2.45, 2.75) is 44.7 Å². The lowest BCUT2D eigenvalue weighted by molar-refractivity contribution is 0.265. The molecule has 1 aliphatic heterocycles. The van der Waals surface area contributed by atoms with Gasteiger partial charge in [-0.1, -0.05) is 0 Å². The quantitative estimate of drug-likeness (QED) is 0.797. The van der Waals surface area contributed by atoms with Crippen molar-refractivity contribution >= 4 is 15.8 Å². The average Bonchev–Trinajstić information content (AvgIpc) is 3.03. The first kappa shape index (κ1) is 16.3. The smallest absolute Gasteiger partial charge is 0.245 e. The van der Waals surface area contributed by atoms with Gasteiger partial charge in [0.15, 0.2) is 5.82 Å². The van der Waals surface area contributed by atoms with Crippen LogP contribution in [0.15, 0.2) is 11.1 Å². The van der Waals surface area contributed by atoms with Crippen LogP contribution in [0.1, 0.15) is 27.2 Å². The number of anilines is 1. The highest BCUT2D eigenvalue weighted by Crippen LogP contribution is 2.20. The van der Waals surface area contributed by atoms with Gasteiger partial charge < -0.3 is 10.6 Å². The molecule has 1 atom stereocenters. The van der Waals surface area contributed by atoms with Gasteiger partial charge >= 0.3 is 0 Å². The minimum absolute atomic E-state index is 0.0552. The number of rotatable bonds is 6. The highest BCUT2D eigenvalue weighted by Gasteiger charge is 2.27. The van der Waals surface area contributed by atoms with Gasteiger partial charge in [-0.15, -0.1) is 0 Å². The molecule has 1 fully saturated rings. The predicted molar refractivity (Wildman–Crippen MR) is 82.3 cm³/mol. The minimum atomic E-state index is -3.58. The molecule has 7 nitrogen and oxygen atoms in total. The van der Waals surface area contributed by atoms with Crippen molar-refractivity contribution in [2.75, 3.05) is 25.4 Å². The molecule has 3 N–H and O–H groups in total. The second-order valence-electron chi connectivity index (χ2n) is 5.83. The molecule has 1 aromatic heterocycles. The summed E-state index contributed by atoms with van der Waals surface area (Å²) >= 11 is 0. The lowest BCUT2D eigenvalue weighted by Crippen LogP contribution is -2.33. The first-order chi connectivity index (χ1) is 9.83. The zero-order chi connectivity index (χ0) is 15.6. The lowest BCUT2D eigenvalue weighted by atomic mass is 10.1. The van der Waals surface area contributed by atoms with Crippen molar-refractivity contribution in [1.82, 2.24) is 19.4 Å². The van der Waals surface area contributed by atoms with Gasteiger partial charge in [-0.3, -0.25) is 4.68 Å². The first-order valence-electron chi connectivity index (χ1n) is 7.40. The third-order valence-corrected chi connectivity index (χ3v) is 5.42. The van der Waals surface area contributed by atoms with Crippen LogP contribution in [0.4, 0.5) is 5.82 Å². The summed E-state index contributed by atoms with van der Waals surface area (Å²) in [6.45, 7) is 9.20. The molecular weight excluding hydrogens is 290 g/mol. The van der Waals surface area contributed by atoms with Gasteiger partial charge in [0.1, 0.15) is 4.90 Å². The Labute approximate surface area is 126 Å². The summed E-state index contributed by atoms with van der Waals surface area (Å²) in [6.07, 6.45) is 2.50. The summed E-state index contributed by atoms with van der Waals surface area (Å²) in [5.74, 6) is 0.407. The van der Waals surface area contributed by atoms with Crippen molar-refractivity contribution in [3.8, 4) is 0 Å². The fraction of sp³-hybridized carbons (Fsp3) is 0.769. The van der Waals surface area contributed by atoms with Crippen LogP contribution in [0.25, 0.3) is 0 Å². The van der Waals surface area contributed by atoms with Gasteiger partial charge in [0.2, 0.25) is 10.0 Å². The fourth-order valence-corrected chi connectivity index (χ4v) is 3.78. The Morgan fingerprint density at radius 2 is 2.24 bits per heavy atom. The van der Waals surface area contributed by atoms with Gasteiger partial charge in [0.25, 0.3) is 0 Å². The zero-order valence-corrected chi connectivity index (χ0v) is 13.7. The van der Waals surface area contributed by atoms with Crippen LogP contribution in [0, 0.1) is 5.92 Å². The van der Waals surface area contributed by atoms with Crippen LogP contribution in [0.3, 0.4) is 0 Å². The molecule has 0 aromatic carbocycles. The van der Waals surface area contributed by atoms with Crippen molar-refractivity contribution in [2.24, 2.45) is 5.92 Å². The molecule has 1 saturated heterocycles. The van der Waals surface area contributed by atoms with Crippen molar-refractivity contribution in [1.29, 1.82) is 0 Å². The summed E-state index contributed by atoms with van der Waals surface area (Å²) in [5, 5.41) is 3.98. The van der Waals surface area contributed by atoms with Gasteiger partial charge in [-0.05, 0) is 39.7 Å². The van der Waals surface area contributed by atoms with E-state index in [2.05, 4.69) is 28.6 Å². The number of nitrogens with one attached hydrogen (secondary N) is 1. The summed E-state index contributed by atoms with van der Waals surface area (Å²) in [4.78, 5) is 2.44. The van der Waals surface area contributed by atoms with Crippen LogP contribution in [-0.4, -0.2) is 48.8 Å². The molecule has 0 aliphatic carbocycles. The lowest BCUT2D eigenvalue weighted by Gasteiger charge is -2.20. The SMILES string of the molecule is CCn1cc(S(=O)(=O)NCC2CCN(C(C)C)C2)c(N)n1. The maximum Gasteiger partial charge on any atom is 0.245 e. The predicted octanol–water partition coefficient (Wildman–Crippen LogP) is 0.494. The molecule has 0 bridgehead atoms. The van der Waals surface area contributed by atoms with Crippen molar-refractivity contribution in [3.63, 3.8) is 0 Å². The number of nitrogen functional groups attached to an aromatic ring is 1. The van der Waals surface area contributed by atoms with E-state index in [4.69, 9.17) is 5.73 Å².